The highest BCUT2D eigenvalue weighted by Gasteiger charge is 2.36. The van der Waals surface area contributed by atoms with Crippen LogP contribution in [0.15, 0.2) is 24.3 Å². The van der Waals surface area contributed by atoms with E-state index in [0.717, 1.165) is 0 Å². The van der Waals surface area contributed by atoms with Gasteiger partial charge in [-0.15, -0.1) is 0 Å². The summed E-state index contributed by atoms with van der Waals surface area (Å²) in [4.78, 5) is 26.3. The average Bonchev–Trinajstić information content (AvgIpc) is 2.99. The number of methoxy groups -OCH3 is 1. The van der Waals surface area contributed by atoms with E-state index in [1.807, 2.05) is 13.8 Å². The van der Waals surface area contributed by atoms with E-state index in [-0.39, 0.29) is 29.5 Å². The molecule has 0 N–H and O–H groups in total. The fourth-order valence-electron chi connectivity index (χ4n) is 3.01. The number of benzene rings is 1. The number of carbonyl (C=O) groups is 2. The van der Waals surface area contributed by atoms with Gasteiger partial charge in [0.05, 0.1) is 24.2 Å². The largest absolute Gasteiger partial charge is 0.497 e. The van der Waals surface area contributed by atoms with Crippen LogP contribution in [-0.2, 0) is 19.4 Å². The summed E-state index contributed by atoms with van der Waals surface area (Å²) in [5.41, 5.74) is 0.317. The Bertz CT molecular complexity index is 743. The fraction of sp³-hybridized carbons (Fsp3) is 0.556. The zero-order valence-electron chi connectivity index (χ0n) is 15.3. The first-order valence-electron chi connectivity index (χ1n) is 8.60. The average molecular weight is 383 g/mol. The van der Waals surface area contributed by atoms with E-state index in [1.165, 1.54) is 7.11 Å². The zero-order chi connectivity index (χ0) is 19.3. The van der Waals surface area contributed by atoms with Gasteiger partial charge in [0.15, 0.2) is 16.4 Å². The quantitative estimate of drug-likeness (QED) is 0.665. The van der Waals surface area contributed by atoms with Gasteiger partial charge in [-0.05, 0) is 44.0 Å². The molecule has 26 heavy (non-hydrogen) atoms. The van der Waals surface area contributed by atoms with Crippen molar-refractivity contribution in [2.24, 2.45) is 0 Å². The van der Waals surface area contributed by atoms with Gasteiger partial charge >= 0.3 is 5.97 Å². The molecule has 0 spiro atoms. The standard InChI is InChI=1S/C18H25NO6S/c1-4-13(2)19(15-9-10-26(22,23)12-15)17(20)11-25-18(21)14-5-7-16(24-3)8-6-14/h5-8,13,15H,4,9-12H2,1-3H3/t13-,15-/m0/s1. The molecule has 1 heterocycles. The predicted molar refractivity (Wildman–Crippen MR) is 96.9 cm³/mol. The van der Waals surface area contributed by atoms with Gasteiger partial charge in [0, 0.05) is 12.1 Å². The second-order valence-electron chi connectivity index (χ2n) is 6.42. The molecule has 1 amide bonds. The van der Waals surface area contributed by atoms with Gasteiger partial charge < -0.3 is 14.4 Å². The van der Waals surface area contributed by atoms with E-state index >= 15 is 0 Å². The molecule has 1 aromatic carbocycles. The SMILES string of the molecule is CC[C@H](C)N(C(=O)COC(=O)c1ccc(OC)cc1)[C@H]1CCS(=O)(=O)C1. The molecule has 1 saturated heterocycles. The van der Waals surface area contributed by atoms with Crippen LogP contribution < -0.4 is 4.74 Å². The summed E-state index contributed by atoms with van der Waals surface area (Å²) >= 11 is 0. The molecular formula is C18H25NO6S. The number of esters is 1. The smallest absolute Gasteiger partial charge is 0.338 e. The summed E-state index contributed by atoms with van der Waals surface area (Å²) in [5, 5.41) is 0. The van der Waals surface area contributed by atoms with Crippen molar-refractivity contribution < 1.29 is 27.5 Å². The van der Waals surface area contributed by atoms with Crippen molar-refractivity contribution in [2.75, 3.05) is 25.2 Å². The van der Waals surface area contributed by atoms with Crippen LogP contribution in [0.1, 0.15) is 37.0 Å². The minimum absolute atomic E-state index is 0.0322. The number of rotatable bonds is 7. The van der Waals surface area contributed by atoms with Gasteiger partial charge in [-0.3, -0.25) is 4.79 Å². The van der Waals surface area contributed by atoms with Gasteiger partial charge in [-0.25, -0.2) is 13.2 Å². The molecule has 1 aliphatic heterocycles. The summed E-state index contributed by atoms with van der Waals surface area (Å²) in [7, 11) is -1.58. The molecule has 8 heteroatoms. The molecule has 0 bridgehead atoms. The number of hydrogen-bond acceptors (Lipinski definition) is 6. The lowest BCUT2D eigenvalue weighted by molar-refractivity contribution is -0.138. The number of carbonyl (C=O) groups excluding carboxylic acids is 2. The molecule has 0 radical (unpaired) electrons. The third-order valence-corrected chi connectivity index (χ3v) is 6.36. The molecule has 1 aromatic rings. The minimum Gasteiger partial charge on any atom is -0.497 e. The molecule has 7 nitrogen and oxygen atoms in total. The van der Waals surface area contributed by atoms with E-state index in [0.29, 0.717) is 24.2 Å². The summed E-state index contributed by atoms with van der Waals surface area (Å²) in [6.45, 7) is 3.39. The molecule has 0 aliphatic carbocycles. The molecule has 1 fully saturated rings. The normalized spacial score (nSPS) is 19.6. The Balaban J connectivity index is 2.01. The molecule has 0 aromatic heterocycles. The predicted octanol–water partition coefficient (Wildman–Crippen LogP) is 1.67. The van der Waals surface area contributed by atoms with Crippen molar-refractivity contribution >= 4 is 21.7 Å². The first-order valence-corrected chi connectivity index (χ1v) is 10.4. The Kier molecular flexibility index (Phi) is 6.63. The topological polar surface area (TPSA) is 90.0 Å². The first-order chi connectivity index (χ1) is 12.3. The Morgan fingerprint density at radius 2 is 1.92 bits per heavy atom. The number of hydrogen-bond donors (Lipinski definition) is 0. The molecule has 2 rings (SSSR count). The van der Waals surface area contributed by atoms with Crippen LogP contribution in [-0.4, -0.2) is 62.5 Å². The lowest BCUT2D eigenvalue weighted by atomic mass is 10.1. The highest BCUT2D eigenvalue weighted by Crippen LogP contribution is 2.21. The van der Waals surface area contributed by atoms with Crippen molar-refractivity contribution in [2.45, 2.75) is 38.8 Å². The minimum atomic E-state index is -3.11. The van der Waals surface area contributed by atoms with Gasteiger partial charge in [0.2, 0.25) is 0 Å². The van der Waals surface area contributed by atoms with Crippen LogP contribution in [0.2, 0.25) is 0 Å². The zero-order valence-corrected chi connectivity index (χ0v) is 16.1. The van der Waals surface area contributed by atoms with E-state index in [1.54, 1.807) is 29.2 Å². The van der Waals surface area contributed by atoms with Crippen LogP contribution in [0.4, 0.5) is 0 Å². The maximum Gasteiger partial charge on any atom is 0.338 e. The second-order valence-corrected chi connectivity index (χ2v) is 8.65. The fourth-order valence-corrected chi connectivity index (χ4v) is 4.72. The first kappa shape index (κ1) is 20.2. The summed E-state index contributed by atoms with van der Waals surface area (Å²) < 4.78 is 33.7. The third kappa shape index (κ3) is 4.97. The van der Waals surface area contributed by atoms with Crippen molar-refractivity contribution in [3.63, 3.8) is 0 Å². The van der Waals surface area contributed by atoms with Crippen LogP contribution in [0.3, 0.4) is 0 Å². The van der Waals surface area contributed by atoms with Crippen molar-refractivity contribution in [1.82, 2.24) is 4.90 Å². The molecule has 0 saturated carbocycles. The Labute approximate surface area is 154 Å². The van der Waals surface area contributed by atoms with Crippen molar-refractivity contribution in [3.8, 4) is 5.75 Å². The Hall–Kier alpha value is -2.09. The summed E-state index contributed by atoms with van der Waals surface area (Å²) in [6.07, 6.45) is 1.11. The van der Waals surface area contributed by atoms with Gasteiger partial charge in [-0.2, -0.15) is 0 Å². The summed E-state index contributed by atoms with van der Waals surface area (Å²) in [6, 6.07) is 5.90. The maximum atomic E-state index is 12.6. The Morgan fingerprint density at radius 3 is 2.42 bits per heavy atom. The number of amides is 1. The van der Waals surface area contributed by atoms with Gasteiger partial charge in [0.1, 0.15) is 5.75 Å². The van der Waals surface area contributed by atoms with E-state index in [4.69, 9.17) is 9.47 Å². The number of nitrogens with zero attached hydrogens (tertiary/aromatic N) is 1. The van der Waals surface area contributed by atoms with Crippen LogP contribution in [0, 0.1) is 0 Å². The van der Waals surface area contributed by atoms with Crippen LogP contribution in [0.5, 0.6) is 5.75 Å². The highest BCUT2D eigenvalue weighted by molar-refractivity contribution is 7.91. The van der Waals surface area contributed by atoms with E-state index < -0.39 is 22.4 Å². The second kappa shape index (κ2) is 8.53. The van der Waals surface area contributed by atoms with E-state index in [2.05, 4.69) is 0 Å². The van der Waals surface area contributed by atoms with Gasteiger partial charge in [0.25, 0.3) is 5.91 Å². The van der Waals surface area contributed by atoms with Crippen LogP contribution in [0.25, 0.3) is 0 Å². The molecule has 0 unspecified atom stereocenters. The monoisotopic (exact) mass is 383 g/mol. The molecule has 1 aliphatic rings. The van der Waals surface area contributed by atoms with Crippen molar-refractivity contribution in [3.05, 3.63) is 29.8 Å². The lowest BCUT2D eigenvalue weighted by Gasteiger charge is -2.33. The number of ether oxygens (including phenoxy) is 2. The van der Waals surface area contributed by atoms with Crippen molar-refractivity contribution in [1.29, 1.82) is 0 Å². The number of sulfone groups is 1. The van der Waals surface area contributed by atoms with Gasteiger partial charge in [-0.1, -0.05) is 6.92 Å². The van der Waals surface area contributed by atoms with Crippen LogP contribution >= 0.6 is 0 Å². The maximum absolute atomic E-state index is 12.6. The molecule has 2 atom stereocenters. The highest BCUT2D eigenvalue weighted by atomic mass is 32.2. The van der Waals surface area contributed by atoms with E-state index in [9.17, 15) is 18.0 Å². The lowest BCUT2D eigenvalue weighted by Crippen LogP contribution is -2.48. The Morgan fingerprint density at radius 1 is 1.27 bits per heavy atom. The molecule has 144 valence electrons. The molecular weight excluding hydrogens is 358 g/mol. The summed E-state index contributed by atoms with van der Waals surface area (Å²) in [5.74, 6) is -0.311. The third-order valence-electron chi connectivity index (χ3n) is 4.61.